The number of hydrogen-bond donors (Lipinski definition) is 2. The van der Waals surface area contributed by atoms with Crippen molar-refractivity contribution in [2.45, 2.75) is 46.8 Å². The van der Waals surface area contributed by atoms with Gasteiger partial charge in [0.2, 0.25) is 0 Å². The molecule has 2 N–H and O–H groups in total. The van der Waals surface area contributed by atoms with Crippen LogP contribution in [0.25, 0.3) is 0 Å². The molecule has 31 heavy (non-hydrogen) atoms. The van der Waals surface area contributed by atoms with E-state index in [0.717, 1.165) is 11.1 Å². The van der Waals surface area contributed by atoms with Gasteiger partial charge < -0.3 is 20.1 Å². The Morgan fingerprint density at radius 3 is 2.10 bits per heavy atom. The SMILES string of the molecule is COc1ccccc1C(=O)N[C@H](C(=O)O[C@H](C)C(=O)Nc1c(C)cccc1C)C(C)C. The molecule has 7 heteroatoms. The van der Waals surface area contributed by atoms with Crippen LogP contribution in [0.15, 0.2) is 42.5 Å². The van der Waals surface area contributed by atoms with Crippen molar-refractivity contribution in [3.8, 4) is 5.75 Å². The fourth-order valence-electron chi connectivity index (χ4n) is 3.09. The average Bonchev–Trinajstić information content (AvgIpc) is 2.73. The maximum atomic E-state index is 12.8. The quantitative estimate of drug-likeness (QED) is 0.629. The summed E-state index contributed by atoms with van der Waals surface area (Å²) in [5.41, 5.74) is 2.83. The van der Waals surface area contributed by atoms with Crippen molar-refractivity contribution in [3.63, 3.8) is 0 Å². The molecule has 0 heterocycles. The second-order valence-electron chi connectivity index (χ2n) is 7.73. The minimum Gasteiger partial charge on any atom is -0.496 e. The summed E-state index contributed by atoms with van der Waals surface area (Å²) in [6.45, 7) is 8.86. The molecule has 0 fully saturated rings. The van der Waals surface area contributed by atoms with Gasteiger partial charge in [-0.2, -0.15) is 0 Å². The molecular formula is C24H30N2O5. The zero-order chi connectivity index (χ0) is 23.1. The molecule has 0 saturated heterocycles. The van der Waals surface area contributed by atoms with E-state index in [1.165, 1.54) is 14.0 Å². The number of esters is 1. The highest BCUT2D eigenvalue weighted by atomic mass is 16.5. The summed E-state index contributed by atoms with van der Waals surface area (Å²) in [6.07, 6.45) is -1.03. The van der Waals surface area contributed by atoms with E-state index in [1.54, 1.807) is 38.1 Å². The predicted molar refractivity (Wildman–Crippen MR) is 119 cm³/mol. The van der Waals surface area contributed by atoms with E-state index in [9.17, 15) is 14.4 Å². The number of nitrogens with one attached hydrogen (secondary N) is 2. The summed E-state index contributed by atoms with van der Waals surface area (Å²) < 4.78 is 10.6. The molecule has 0 aliphatic rings. The molecular weight excluding hydrogens is 396 g/mol. The van der Waals surface area contributed by atoms with E-state index in [-0.39, 0.29) is 5.92 Å². The third-order valence-electron chi connectivity index (χ3n) is 4.95. The first kappa shape index (κ1) is 23.9. The average molecular weight is 427 g/mol. The van der Waals surface area contributed by atoms with Gasteiger partial charge in [-0.3, -0.25) is 9.59 Å². The van der Waals surface area contributed by atoms with Crippen LogP contribution in [0.2, 0.25) is 0 Å². The molecule has 0 spiro atoms. The van der Waals surface area contributed by atoms with E-state index in [4.69, 9.17) is 9.47 Å². The fourth-order valence-corrected chi connectivity index (χ4v) is 3.09. The maximum Gasteiger partial charge on any atom is 0.329 e. The number of benzene rings is 2. The molecule has 2 aromatic rings. The lowest BCUT2D eigenvalue weighted by atomic mass is 10.0. The number of carbonyl (C=O) groups excluding carboxylic acids is 3. The Kier molecular flexibility index (Phi) is 8.19. The van der Waals surface area contributed by atoms with Crippen molar-refractivity contribution in [2.75, 3.05) is 12.4 Å². The number of anilines is 1. The molecule has 2 atom stereocenters. The molecule has 0 unspecified atom stereocenters. The Morgan fingerprint density at radius 1 is 0.903 bits per heavy atom. The predicted octanol–water partition coefficient (Wildman–Crippen LogP) is 3.64. The molecule has 7 nitrogen and oxygen atoms in total. The second-order valence-corrected chi connectivity index (χ2v) is 7.73. The smallest absolute Gasteiger partial charge is 0.329 e. The lowest BCUT2D eigenvalue weighted by Gasteiger charge is -2.23. The monoisotopic (exact) mass is 426 g/mol. The normalized spacial score (nSPS) is 12.6. The number of para-hydroxylation sites is 2. The second kappa shape index (κ2) is 10.6. The van der Waals surface area contributed by atoms with Gasteiger partial charge in [-0.05, 0) is 49.9 Å². The summed E-state index contributed by atoms with van der Waals surface area (Å²) in [5.74, 6) is -1.43. The zero-order valence-electron chi connectivity index (χ0n) is 18.8. The number of amides is 2. The van der Waals surface area contributed by atoms with Gasteiger partial charge in [-0.25, -0.2) is 4.79 Å². The molecule has 0 radical (unpaired) electrons. The van der Waals surface area contributed by atoms with E-state index < -0.39 is 29.9 Å². The van der Waals surface area contributed by atoms with Crippen molar-refractivity contribution in [2.24, 2.45) is 5.92 Å². The van der Waals surface area contributed by atoms with Crippen molar-refractivity contribution in [3.05, 3.63) is 59.2 Å². The van der Waals surface area contributed by atoms with Gasteiger partial charge in [0.1, 0.15) is 11.8 Å². The van der Waals surface area contributed by atoms with Crippen LogP contribution in [0, 0.1) is 19.8 Å². The summed E-state index contributed by atoms with van der Waals surface area (Å²) >= 11 is 0. The first-order valence-electron chi connectivity index (χ1n) is 10.2. The number of methoxy groups -OCH3 is 1. The van der Waals surface area contributed by atoms with Crippen LogP contribution in [0.3, 0.4) is 0 Å². The third-order valence-corrected chi connectivity index (χ3v) is 4.95. The minimum atomic E-state index is -1.03. The molecule has 0 aliphatic carbocycles. The lowest BCUT2D eigenvalue weighted by molar-refractivity contribution is -0.156. The molecule has 0 aromatic heterocycles. The summed E-state index contributed by atoms with van der Waals surface area (Å²) in [6, 6.07) is 11.5. The Labute approximate surface area is 183 Å². The Hall–Kier alpha value is -3.35. The van der Waals surface area contributed by atoms with Gasteiger partial charge in [0.25, 0.3) is 11.8 Å². The van der Waals surface area contributed by atoms with E-state index in [2.05, 4.69) is 10.6 Å². The standard InChI is InChI=1S/C24H30N2O5/c1-14(2)20(25-23(28)18-12-7-8-13-19(18)30-6)24(29)31-17(5)22(27)26-21-15(3)10-9-11-16(21)4/h7-14,17,20H,1-6H3,(H,25,28)(H,26,27)/t17-,20+/m1/s1. The highest BCUT2D eigenvalue weighted by Crippen LogP contribution is 2.20. The molecule has 2 amide bonds. The van der Waals surface area contributed by atoms with Crippen LogP contribution in [0.5, 0.6) is 5.75 Å². The Morgan fingerprint density at radius 2 is 1.52 bits per heavy atom. The van der Waals surface area contributed by atoms with Crippen molar-refractivity contribution >= 4 is 23.5 Å². The van der Waals surface area contributed by atoms with Gasteiger partial charge in [0.15, 0.2) is 6.10 Å². The van der Waals surface area contributed by atoms with Gasteiger partial charge in [0, 0.05) is 5.69 Å². The van der Waals surface area contributed by atoms with Gasteiger partial charge in [-0.15, -0.1) is 0 Å². The Balaban J connectivity index is 2.07. The molecule has 0 saturated carbocycles. The number of rotatable bonds is 8. The molecule has 0 aliphatic heterocycles. The topological polar surface area (TPSA) is 93.7 Å². The number of hydrogen-bond acceptors (Lipinski definition) is 5. The van der Waals surface area contributed by atoms with E-state index >= 15 is 0 Å². The van der Waals surface area contributed by atoms with Crippen LogP contribution in [-0.4, -0.2) is 37.0 Å². The lowest BCUT2D eigenvalue weighted by Crippen LogP contribution is -2.47. The zero-order valence-corrected chi connectivity index (χ0v) is 18.8. The first-order valence-corrected chi connectivity index (χ1v) is 10.2. The van der Waals surface area contributed by atoms with Gasteiger partial charge >= 0.3 is 5.97 Å². The largest absolute Gasteiger partial charge is 0.496 e. The van der Waals surface area contributed by atoms with Crippen LogP contribution in [0.4, 0.5) is 5.69 Å². The van der Waals surface area contributed by atoms with E-state index in [0.29, 0.717) is 17.0 Å². The Bertz CT molecular complexity index is 934. The summed E-state index contributed by atoms with van der Waals surface area (Å²) in [4.78, 5) is 38.0. The maximum absolute atomic E-state index is 12.8. The first-order chi connectivity index (χ1) is 14.6. The van der Waals surface area contributed by atoms with Crippen LogP contribution in [-0.2, 0) is 14.3 Å². The van der Waals surface area contributed by atoms with Gasteiger partial charge in [0.05, 0.1) is 12.7 Å². The van der Waals surface area contributed by atoms with Crippen LogP contribution < -0.4 is 15.4 Å². The summed E-state index contributed by atoms with van der Waals surface area (Å²) in [5, 5.41) is 5.51. The van der Waals surface area contributed by atoms with Crippen LogP contribution >= 0.6 is 0 Å². The fraction of sp³-hybridized carbons (Fsp3) is 0.375. The van der Waals surface area contributed by atoms with Crippen LogP contribution in [0.1, 0.15) is 42.3 Å². The molecule has 166 valence electrons. The van der Waals surface area contributed by atoms with E-state index in [1.807, 2.05) is 32.0 Å². The van der Waals surface area contributed by atoms with Crippen molar-refractivity contribution < 1.29 is 23.9 Å². The highest BCUT2D eigenvalue weighted by Gasteiger charge is 2.30. The number of carbonyl (C=O) groups is 3. The molecule has 2 rings (SSSR count). The number of aryl methyl sites for hydroxylation is 2. The molecule has 0 bridgehead atoms. The third kappa shape index (κ3) is 6.07. The molecule has 2 aromatic carbocycles. The highest BCUT2D eigenvalue weighted by molar-refractivity contribution is 6.00. The number of ether oxygens (including phenoxy) is 2. The summed E-state index contributed by atoms with van der Waals surface area (Å²) in [7, 11) is 1.47. The van der Waals surface area contributed by atoms with Crippen molar-refractivity contribution in [1.82, 2.24) is 5.32 Å². The van der Waals surface area contributed by atoms with Gasteiger partial charge in [-0.1, -0.05) is 44.2 Å². The minimum absolute atomic E-state index is 0.250. The van der Waals surface area contributed by atoms with Crippen molar-refractivity contribution in [1.29, 1.82) is 0 Å².